The zero-order valence-corrected chi connectivity index (χ0v) is 20.1. The minimum absolute atomic E-state index is 0.0247. The molecule has 1 aliphatic heterocycles. The minimum atomic E-state index is -3.68. The summed E-state index contributed by atoms with van der Waals surface area (Å²) in [5.41, 5.74) is 1.63. The number of hydrogen-bond donors (Lipinski definition) is 2. The molecule has 9 nitrogen and oxygen atoms in total. The van der Waals surface area contributed by atoms with Gasteiger partial charge in [-0.15, -0.1) is 0 Å². The Balaban J connectivity index is 1.60. The Morgan fingerprint density at radius 2 is 1.64 bits per heavy atom. The number of carbonyl (C=O) groups is 2. The number of nitrogens with zero attached hydrogens (tertiary/aromatic N) is 2. The van der Waals surface area contributed by atoms with Gasteiger partial charge in [-0.2, -0.15) is 4.31 Å². The highest BCUT2D eigenvalue weighted by Gasteiger charge is 2.27. The SMILES string of the molecule is Cc1ccc(S(=O)(=O)N2CCOCC2)cc1NC(=O)CN(C)CC(=O)Nc1ccccc1Cl. The molecule has 0 aliphatic carbocycles. The number of rotatable bonds is 8. The van der Waals surface area contributed by atoms with E-state index in [9.17, 15) is 18.0 Å². The number of anilines is 2. The third kappa shape index (κ3) is 6.75. The number of sulfonamides is 1. The first-order valence-corrected chi connectivity index (χ1v) is 12.2. The highest BCUT2D eigenvalue weighted by atomic mass is 35.5. The lowest BCUT2D eigenvalue weighted by Crippen LogP contribution is -2.40. The molecule has 0 saturated carbocycles. The first-order valence-electron chi connectivity index (χ1n) is 10.4. The number of para-hydroxylation sites is 1. The van der Waals surface area contributed by atoms with Gasteiger partial charge in [-0.25, -0.2) is 8.42 Å². The van der Waals surface area contributed by atoms with Gasteiger partial charge < -0.3 is 15.4 Å². The maximum atomic E-state index is 12.9. The number of aryl methyl sites for hydroxylation is 1. The molecule has 3 rings (SSSR count). The van der Waals surface area contributed by atoms with Crippen LogP contribution in [0.1, 0.15) is 5.56 Å². The summed E-state index contributed by atoms with van der Waals surface area (Å²) in [6.07, 6.45) is 0. The molecule has 0 spiro atoms. The summed E-state index contributed by atoms with van der Waals surface area (Å²) < 4.78 is 32.4. The third-order valence-corrected chi connectivity index (χ3v) is 7.29. The average molecular weight is 495 g/mol. The van der Waals surface area contributed by atoms with Gasteiger partial charge in [0.1, 0.15) is 0 Å². The number of morpholine rings is 1. The molecule has 1 fully saturated rings. The van der Waals surface area contributed by atoms with Gasteiger partial charge in [0.05, 0.1) is 41.9 Å². The van der Waals surface area contributed by atoms with E-state index in [2.05, 4.69) is 10.6 Å². The molecule has 1 heterocycles. The Bertz CT molecular complexity index is 1120. The molecule has 0 atom stereocenters. The Labute approximate surface area is 198 Å². The van der Waals surface area contributed by atoms with Crippen molar-refractivity contribution in [1.29, 1.82) is 0 Å². The molecule has 2 aromatic carbocycles. The first-order chi connectivity index (χ1) is 15.7. The Kier molecular flexibility index (Phi) is 8.44. The number of nitrogens with one attached hydrogen (secondary N) is 2. The maximum Gasteiger partial charge on any atom is 0.243 e. The van der Waals surface area contributed by atoms with Crippen molar-refractivity contribution < 1.29 is 22.7 Å². The van der Waals surface area contributed by atoms with E-state index < -0.39 is 10.0 Å². The summed E-state index contributed by atoms with van der Waals surface area (Å²) in [6, 6.07) is 11.5. The lowest BCUT2D eigenvalue weighted by atomic mass is 10.2. The van der Waals surface area contributed by atoms with E-state index in [1.807, 2.05) is 0 Å². The number of hydrogen-bond acceptors (Lipinski definition) is 6. The van der Waals surface area contributed by atoms with Crippen molar-refractivity contribution in [2.45, 2.75) is 11.8 Å². The fourth-order valence-electron chi connectivity index (χ4n) is 3.32. The van der Waals surface area contributed by atoms with Gasteiger partial charge in [-0.1, -0.05) is 29.8 Å². The van der Waals surface area contributed by atoms with Crippen LogP contribution in [0.15, 0.2) is 47.4 Å². The molecule has 2 N–H and O–H groups in total. The van der Waals surface area contributed by atoms with Crippen LogP contribution in [0.2, 0.25) is 5.02 Å². The molecule has 0 unspecified atom stereocenters. The van der Waals surface area contributed by atoms with Crippen LogP contribution < -0.4 is 10.6 Å². The highest BCUT2D eigenvalue weighted by Crippen LogP contribution is 2.24. The predicted molar refractivity (Wildman–Crippen MR) is 127 cm³/mol. The number of ether oxygens (including phenoxy) is 1. The molecule has 11 heteroatoms. The fourth-order valence-corrected chi connectivity index (χ4v) is 4.94. The van der Waals surface area contributed by atoms with E-state index >= 15 is 0 Å². The molecular weight excluding hydrogens is 468 g/mol. The van der Waals surface area contributed by atoms with E-state index in [1.54, 1.807) is 49.2 Å². The zero-order valence-electron chi connectivity index (χ0n) is 18.5. The van der Waals surface area contributed by atoms with Crippen molar-refractivity contribution in [3.8, 4) is 0 Å². The second-order valence-electron chi connectivity index (χ2n) is 7.74. The third-order valence-electron chi connectivity index (χ3n) is 5.07. The topological polar surface area (TPSA) is 108 Å². The standard InChI is InChI=1S/C22H27ClN4O5S/c1-16-7-8-17(33(30,31)27-9-11-32-12-10-27)13-20(16)25-22(29)15-26(2)14-21(28)24-19-6-4-3-5-18(19)23/h3-8,13H,9-12,14-15H2,1-2H3,(H,24,28)(H,25,29). The van der Waals surface area contributed by atoms with Crippen molar-refractivity contribution in [3.63, 3.8) is 0 Å². The Morgan fingerprint density at radius 3 is 2.27 bits per heavy atom. The largest absolute Gasteiger partial charge is 0.379 e. The van der Waals surface area contributed by atoms with Crippen molar-refractivity contribution in [2.75, 3.05) is 57.1 Å². The van der Waals surface area contributed by atoms with E-state index in [-0.39, 0.29) is 29.8 Å². The van der Waals surface area contributed by atoms with Crippen LogP contribution in [0.5, 0.6) is 0 Å². The van der Waals surface area contributed by atoms with Crippen molar-refractivity contribution in [2.24, 2.45) is 0 Å². The quantitative estimate of drug-likeness (QED) is 0.582. The minimum Gasteiger partial charge on any atom is -0.379 e. The van der Waals surface area contributed by atoms with E-state index in [0.29, 0.717) is 42.7 Å². The molecule has 178 valence electrons. The van der Waals surface area contributed by atoms with Gasteiger partial charge in [0, 0.05) is 18.8 Å². The van der Waals surface area contributed by atoms with Gasteiger partial charge >= 0.3 is 0 Å². The summed E-state index contributed by atoms with van der Waals surface area (Å²) >= 11 is 6.04. The molecular formula is C22H27ClN4O5S. The van der Waals surface area contributed by atoms with Gasteiger partial charge in [0.2, 0.25) is 21.8 Å². The molecule has 2 aromatic rings. The second-order valence-corrected chi connectivity index (χ2v) is 10.1. The smallest absolute Gasteiger partial charge is 0.243 e. The second kappa shape index (κ2) is 11.1. The zero-order chi connectivity index (χ0) is 24.0. The predicted octanol–water partition coefficient (Wildman–Crippen LogP) is 2.18. The summed E-state index contributed by atoms with van der Waals surface area (Å²) in [4.78, 5) is 26.5. The van der Waals surface area contributed by atoms with Crippen molar-refractivity contribution in [1.82, 2.24) is 9.21 Å². The molecule has 1 saturated heterocycles. The first kappa shape index (κ1) is 25.1. The number of benzene rings is 2. The molecule has 1 aliphatic rings. The van der Waals surface area contributed by atoms with Gasteiger partial charge in [-0.3, -0.25) is 14.5 Å². The lowest BCUT2D eigenvalue weighted by Gasteiger charge is -2.26. The molecule has 2 amide bonds. The van der Waals surface area contributed by atoms with Crippen LogP contribution in [-0.2, 0) is 24.3 Å². The molecule has 0 aromatic heterocycles. The number of amides is 2. The van der Waals surface area contributed by atoms with E-state index in [0.717, 1.165) is 5.56 Å². The Hall–Kier alpha value is -2.50. The van der Waals surface area contributed by atoms with E-state index in [4.69, 9.17) is 16.3 Å². The summed E-state index contributed by atoms with van der Waals surface area (Å²) in [5, 5.41) is 5.88. The highest BCUT2D eigenvalue weighted by molar-refractivity contribution is 7.89. The monoisotopic (exact) mass is 494 g/mol. The van der Waals surface area contributed by atoms with Gasteiger partial charge in [-0.05, 0) is 43.8 Å². The maximum absolute atomic E-state index is 12.9. The molecule has 0 radical (unpaired) electrons. The van der Waals surface area contributed by atoms with Crippen molar-refractivity contribution >= 4 is 44.8 Å². The van der Waals surface area contributed by atoms with E-state index in [1.165, 1.54) is 16.4 Å². The Morgan fingerprint density at radius 1 is 1.03 bits per heavy atom. The summed E-state index contributed by atoms with van der Waals surface area (Å²) in [6.45, 7) is 2.98. The average Bonchev–Trinajstić information content (AvgIpc) is 2.77. The fraction of sp³-hybridized carbons (Fsp3) is 0.364. The summed E-state index contributed by atoms with van der Waals surface area (Å²) in [5.74, 6) is -0.680. The summed E-state index contributed by atoms with van der Waals surface area (Å²) in [7, 11) is -2.04. The van der Waals surface area contributed by atoms with Crippen LogP contribution in [0.4, 0.5) is 11.4 Å². The van der Waals surface area contributed by atoms with Gasteiger partial charge in [0.15, 0.2) is 0 Å². The number of halogens is 1. The van der Waals surface area contributed by atoms with Crippen LogP contribution in [0.3, 0.4) is 0 Å². The van der Waals surface area contributed by atoms with Crippen molar-refractivity contribution in [3.05, 3.63) is 53.1 Å². The van der Waals surface area contributed by atoms with Crippen LogP contribution in [0, 0.1) is 6.92 Å². The van der Waals surface area contributed by atoms with Crippen LogP contribution >= 0.6 is 11.6 Å². The van der Waals surface area contributed by atoms with Gasteiger partial charge in [0.25, 0.3) is 0 Å². The van der Waals surface area contributed by atoms with Crippen LogP contribution in [-0.4, -0.2) is 75.9 Å². The number of carbonyl (C=O) groups excluding carboxylic acids is 2. The molecule has 33 heavy (non-hydrogen) atoms. The lowest BCUT2D eigenvalue weighted by molar-refractivity contribution is -0.119. The normalized spacial score (nSPS) is 14.8. The van der Waals surface area contributed by atoms with Crippen LogP contribution in [0.25, 0.3) is 0 Å². The molecule has 0 bridgehead atoms. The number of likely N-dealkylation sites (N-methyl/N-ethyl adjacent to an activating group) is 1.